The van der Waals surface area contributed by atoms with Gasteiger partial charge in [-0.15, -0.1) is 11.3 Å². The third kappa shape index (κ3) is 10.4. The number of nitrogens with zero attached hydrogens (tertiary/aromatic N) is 4. The van der Waals surface area contributed by atoms with Gasteiger partial charge in [-0.1, -0.05) is 305 Å². The van der Waals surface area contributed by atoms with E-state index in [0.29, 0.717) is 16.8 Å². The Morgan fingerprint density at radius 2 is 0.728 bits per heavy atom. The van der Waals surface area contributed by atoms with Gasteiger partial charge >= 0.3 is 0 Å². The second-order valence-electron chi connectivity index (χ2n) is 34.5. The van der Waals surface area contributed by atoms with Gasteiger partial charge in [0.05, 0.1) is 43.2 Å². The monoisotopic (exact) mass is 1480 g/mol. The van der Waals surface area contributed by atoms with Gasteiger partial charge in [-0.2, -0.15) is 0 Å². The second-order valence-corrected chi connectivity index (χ2v) is 35.6. The Hall–Kier alpha value is -13.0. The quantitative estimate of drug-likeness (QED) is 0.106. The predicted molar refractivity (Wildman–Crippen MR) is 492 cm³/mol. The Bertz CT molecular complexity index is 7360. The highest BCUT2D eigenvalue weighted by Crippen LogP contribution is 2.58. The van der Waals surface area contributed by atoms with Gasteiger partial charge in [-0.3, -0.25) is 0 Å². The maximum absolute atomic E-state index is 12.0. The van der Waals surface area contributed by atoms with Crippen LogP contribution >= 0.6 is 11.3 Å². The molecule has 114 heavy (non-hydrogen) atoms. The lowest BCUT2D eigenvalue weighted by atomic mass is 9.36. The van der Waals surface area contributed by atoms with Crippen molar-refractivity contribution in [2.45, 2.75) is 78.6 Å². The van der Waals surface area contributed by atoms with Crippen LogP contribution in [0, 0.1) is 0 Å². The fourth-order valence-electron chi connectivity index (χ4n) is 18.9. The van der Waals surface area contributed by atoms with Crippen LogP contribution in [-0.2, 0) is 16.2 Å². The van der Waals surface area contributed by atoms with Crippen molar-refractivity contribution in [3.63, 3.8) is 0 Å². The fraction of sp³-hybridized carbons (Fsp3) is 0.111. The number of aromatic nitrogens is 2. The molecule has 0 saturated carbocycles. The van der Waals surface area contributed by atoms with E-state index in [9.17, 15) is 4.11 Å². The summed E-state index contributed by atoms with van der Waals surface area (Å²) in [5.41, 5.74) is 25.4. The van der Waals surface area contributed by atoms with E-state index in [1.54, 1.807) is 11.3 Å². The zero-order valence-corrected chi connectivity index (χ0v) is 66.2. The summed E-state index contributed by atoms with van der Waals surface area (Å²) in [5.74, 6) is 0. The SMILES string of the molecule is [2H]c1c([2H])c(-n2c3ccccc3c3cc(-c4ccc5ccc6cccc7ccc4c5c67)ccc32)c([2H])c2c1B1c3sc4cc(-n5c6ccccc6c6ccccc65)ccc4c3N(c3c(-c4ccccc4)cc(C(C)(C)C)cc3-c3ccccc3)c3cc(C(C)(C)C)cc(c31)N2c1c(-c2ccccc2)cc(C(C)(C)C)cc1-c1ccccc1. The highest BCUT2D eigenvalue weighted by Gasteiger charge is 2.48. The van der Waals surface area contributed by atoms with Gasteiger partial charge in [0, 0.05) is 87.1 Å². The average molecular weight is 1480 g/mol. The molecule has 3 aromatic heterocycles. The molecule has 22 rings (SSSR count). The lowest BCUT2D eigenvalue weighted by Crippen LogP contribution is -2.60. The molecule has 0 aliphatic carbocycles. The first-order valence-electron chi connectivity index (χ1n) is 41.5. The Kier molecular flexibility index (Phi) is 14.3. The van der Waals surface area contributed by atoms with Gasteiger partial charge in [0.1, 0.15) is 0 Å². The summed E-state index contributed by atoms with van der Waals surface area (Å²) in [7, 11) is 0. The Morgan fingerprint density at radius 3 is 1.25 bits per heavy atom. The minimum absolute atomic E-state index is 0.0163. The Morgan fingerprint density at radius 1 is 0.298 bits per heavy atom. The fourth-order valence-corrected chi connectivity index (χ4v) is 20.3. The molecule has 0 fully saturated rings. The van der Waals surface area contributed by atoms with Gasteiger partial charge in [-0.05, 0) is 207 Å². The van der Waals surface area contributed by atoms with Gasteiger partial charge in [0.25, 0.3) is 6.71 Å². The molecule has 0 atom stereocenters. The van der Waals surface area contributed by atoms with E-state index in [-0.39, 0.29) is 29.0 Å². The summed E-state index contributed by atoms with van der Waals surface area (Å²) >= 11 is 1.79. The molecule has 17 aromatic carbocycles. The molecule has 2 aliphatic heterocycles. The molecule has 0 N–H and O–H groups in total. The first kappa shape index (κ1) is 64.6. The van der Waals surface area contributed by atoms with Crippen molar-refractivity contribution in [1.82, 2.24) is 9.13 Å². The summed E-state index contributed by atoms with van der Waals surface area (Å²) in [6.07, 6.45) is 0. The van der Waals surface area contributed by atoms with E-state index < -0.39 is 12.1 Å². The molecule has 4 nitrogen and oxygen atoms in total. The van der Waals surface area contributed by atoms with Crippen molar-refractivity contribution in [1.29, 1.82) is 0 Å². The number of thiophene rings is 1. The van der Waals surface area contributed by atoms with E-state index in [1.807, 2.05) is 0 Å². The third-order valence-electron chi connectivity index (χ3n) is 24.6. The number of para-hydroxylation sites is 3. The van der Waals surface area contributed by atoms with Crippen molar-refractivity contribution < 1.29 is 4.11 Å². The smallest absolute Gasteiger partial charge is 0.264 e. The number of fused-ring (bicyclic) bond motifs is 12. The molecular weight excluding hydrogens is 1400 g/mol. The normalized spacial score (nSPS) is 13.4. The van der Waals surface area contributed by atoms with Crippen LogP contribution in [0.5, 0.6) is 0 Å². The molecule has 0 bridgehead atoms. The number of hydrogen-bond acceptors (Lipinski definition) is 3. The molecule has 0 unspecified atom stereocenters. The zero-order chi connectivity index (χ0) is 79.4. The maximum atomic E-state index is 12.0. The zero-order valence-electron chi connectivity index (χ0n) is 68.4. The van der Waals surface area contributed by atoms with Crippen LogP contribution in [0.3, 0.4) is 0 Å². The molecule has 5 heterocycles. The predicted octanol–water partition coefficient (Wildman–Crippen LogP) is 28.3. The van der Waals surface area contributed by atoms with Crippen molar-refractivity contribution >= 4 is 154 Å². The van der Waals surface area contributed by atoms with Crippen LogP contribution in [0.25, 0.3) is 153 Å². The van der Waals surface area contributed by atoms with Crippen molar-refractivity contribution in [2.24, 2.45) is 0 Å². The van der Waals surface area contributed by atoms with Crippen LogP contribution in [-0.4, -0.2) is 15.8 Å². The molecule has 0 amide bonds. The average Bonchev–Trinajstić information content (AvgIpc) is 1.66. The van der Waals surface area contributed by atoms with Gasteiger partial charge < -0.3 is 18.9 Å². The van der Waals surface area contributed by atoms with Crippen molar-refractivity contribution in [3.05, 3.63) is 356 Å². The Balaban J connectivity index is 0.905. The van der Waals surface area contributed by atoms with E-state index >= 15 is 0 Å². The molecular formula is C108H83BN4S. The largest absolute Gasteiger partial charge is 0.310 e. The number of rotatable bonds is 9. The number of anilines is 6. The summed E-state index contributed by atoms with van der Waals surface area (Å²) in [6, 6.07) is 119. The van der Waals surface area contributed by atoms with Gasteiger partial charge in [0.2, 0.25) is 0 Å². The summed E-state index contributed by atoms with van der Waals surface area (Å²) < 4.78 is 41.7. The maximum Gasteiger partial charge on any atom is 0.264 e. The van der Waals surface area contributed by atoms with Crippen LogP contribution in [0.1, 0.15) is 83.1 Å². The highest BCUT2D eigenvalue weighted by atomic mass is 32.1. The molecule has 0 spiro atoms. The molecule has 544 valence electrons. The van der Waals surface area contributed by atoms with Crippen molar-refractivity contribution in [2.75, 3.05) is 9.80 Å². The van der Waals surface area contributed by atoms with E-state index in [4.69, 9.17) is 0 Å². The van der Waals surface area contributed by atoms with Gasteiger partial charge in [-0.25, -0.2) is 0 Å². The number of hydrogen-bond donors (Lipinski definition) is 0. The second kappa shape index (κ2) is 25.3. The first-order valence-corrected chi connectivity index (χ1v) is 40.8. The Labute approximate surface area is 674 Å². The van der Waals surface area contributed by atoms with Crippen LogP contribution in [0.4, 0.5) is 34.1 Å². The number of benzene rings is 17. The van der Waals surface area contributed by atoms with Crippen LogP contribution < -0.4 is 25.5 Å². The molecule has 0 radical (unpaired) electrons. The summed E-state index contributed by atoms with van der Waals surface area (Å²) in [6.45, 7) is 20.2. The third-order valence-corrected chi connectivity index (χ3v) is 25.8. The van der Waals surface area contributed by atoms with E-state index in [2.05, 4.69) is 403 Å². The summed E-state index contributed by atoms with van der Waals surface area (Å²) in [4.78, 5) is 5.09. The van der Waals surface area contributed by atoms with Crippen LogP contribution in [0.15, 0.2) is 340 Å². The molecule has 2 aliphatic rings. The van der Waals surface area contributed by atoms with E-state index in [0.717, 1.165) is 154 Å². The van der Waals surface area contributed by atoms with Crippen molar-refractivity contribution in [3.8, 4) is 67.0 Å². The molecule has 0 saturated heterocycles. The topological polar surface area (TPSA) is 16.3 Å². The molecule has 6 heteroatoms. The first-order chi connectivity index (χ1) is 56.7. The minimum atomic E-state index is -0.681. The van der Waals surface area contributed by atoms with E-state index in [1.165, 1.54) is 48.7 Å². The van der Waals surface area contributed by atoms with Crippen LogP contribution in [0.2, 0.25) is 0 Å². The lowest BCUT2D eigenvalue weighted by molar-refractivity contribution is 0.590. The summed E-state index contributed by atoms with van der Waals surface area (Å²) in [5, 5.41) is 12.8. The lowest BCUT2D eigenvalue weighted by Gasteiger charge is -2.46. The minimum Gasteiger partial charge on any atom is -0.310 e. The van der Waals surface area contributed by atoms with Gasteiger partial charge in [0.15, 0.2) is 0 Å². The molecule has 20 aromatic rings. The standard InChI is InChI=1S/C108H83BN4S/c1-106(2,3)74-58-85(66-29-14-10-15-30-66)102(86(59-74)67-31-16-11-17-32-67)112-95-64-77(110-93-44-27-24-41-82(93)89-57-73(49-56-94(89)110)79-52-47-72-46-45-70-37-28-38-71-48-53-83(79)100(72)99(70)71)51-55-90(95)109-101-96(112)62-76(108(7,8)9)63-97(101)113(103-87(68-33-18-12-19-34-68)60-75(107(4,5)6)61-88(103)69-35-20-13-21-36-69)104-84-54-50-78(65-98(84)114-105(104)109)111-91-42-25-22-39-80(91)81-40-23-26-43-92(81)111/h10-65H,1-9H3/i51D,55D,64D. The highest BCUT2D eigenvalue weighted by molar-refractivity contribution is 7.33.